The third-order valence-corrected chi connectivity index (χ3v) is 1.47. The number of rotatable bonds is 4. The molecule has 0 saturated carbocycles. The van der Waals surface area contributed by atoms with Gasteiger partial charge in [0.15, 0.2) is 0 Å². The van der Waals surface area contributed by atoms with Gasteiger partial charge in [0.05, 0.1) is 0 Å². The Balaban J connectivity index is 4.27. The summed E-state index contributed by atoms with van der Waals surface area (Å²) in [6, 6.07) is -1.04. The van der Waals surface area contributed by atoms with E-state index in [0.717, 1.165) is 0 Å². The molecule has 0 aliphatic rings. The van der Waals surface area contributed by atoms with Crippen molar-refractivity contribution in [3.63, 3.8) is 0 Å². The number of hydrogen-bond acceptors (Lipinski definition) is 2. The molecule has 1 atom stereocenters. The number of carbonyl (C=O) groups is 2. The summed E-state index contributed by atoms with van der Waals surface area (Å²) in [5, 5.41) is 1.85. The fourth-order valence-electron chi connectivity index (χ4n) is 0.783. The lowest BCUT2D eigenvalue weighted by Crippen LogP contribution is -2.49. The van der Waals surface area contributed by atoms with Crippen LogP contribution in [0.15, 0.2) is 0 Å². The Morgan fingerprint density at radius 2 is 1.77 bits per heavy atom. The lowest BCUT2D eigenvalue weighted by molar-refractivity contribution is -0.135. The minimum absolute atomic E-state index is 0.305. The highest BCUT2D eigenvalue weighted by molar-refractivity contribution is 5.87. The summed E-state index contributed by atoms with van der Waals surface area (Å²) in [6.45, 7) is 3.20. The smallest absolute Gasteiger partial charge is 0.315 e. The molecule has 76 valence electrons. The molecular formula is C7H12F2N2O2. The van der Waals surface area contributed by atoms with Crippen LogP contribution in [0.4, 0.5) is 8.78 Å². The van der Waals surface area contributed by atoms with E-state index in [1.54, 1.807) is 13.8 Å². The molecular weight excluding hydrogens is 182 g/mol. The first-order chi connectivity index (χ1) is 5.86. The highest BCUT2D eigenvalue weighted by Crippen LogP contribution is 2.02. The van der Waals surface area contributed by atoms with Gasteiger partial charge in [-0.05, 0) is 5.92 Å². The monoisotopic (exact) mass is 194 g/mol. The molecule has 0 aromatic heterocycles. The van der Waals surface area contributed by atoms with Gasteiger partial charge in [0.1, 0.15) is 6.04 Å². The van der Waals surface area contributed by atoms with Crippen LogP contribution in [0.2, 0.25) is 0 Å². The average molecular weight is 194 g/mol. The third kappa shape index (κ3) is 3.82. The van der Waals surface area contributed by atoms with Gasteiger partial charge in [-0.2, -0.15) is 8.78 Å². The molecule has 0 aliphatic heterocycles. The molecule has 4 nitrogen and oxygen atoms in total. The molecule has 0 heterocycles. The van der Waals surface area contributed by atoms with Crippen molar-refractivity contribution in [2.45, 2.75) is 26.3 Å². The number of primary amides is 1. The van der Waals surface area contributed by atoms with Gasteiger partial charge in [-0.3, -0.25) is 9.59 Å². The summed E-state index contributed by atoms with van der Waals surface area (Å²) in [5.41, 5.74) is 4.89. The van der Waals surface area contributed by atoms with Crippen LogP contribution in [0.25, 0.3) is 0 Å². The second kappa shape index (κ2) is 4.74. The summed E-state index contributed by atoms with van der Waals surface area (Å²) in [5.74, 6) is -2.60. The van der Waals surface area contributed by atoms with E-state index in [1.807, 2.05) is 5.32 Å². The van der Waals surface area contributed by atoms with Gasteiger partial charge < -0.3 is 11.1 Å². The number of halogens is 2. The number of nitrogens with one attached hydrogen (secondary N) is 1. The predicted octanol–water partition coefficient (Wildman–Crippen LogP) is -0.122. The van der Waals surface area contributed by atoms with Gasteiger partial charge in [0.25, 0.3) is 5.91 Å². The first-order valence-corrected chi connectivity index (χ1v) is 3.74. The fraction of sp³-hybridized carbons (Fsp3) is 0.714. The minimum Gasteiger partial charge on any atom is -0.368 e. The highest BCUT2D eigenvalue weighted by atomic mass is 19.3. The zero-order chi connectivity index (χ0) is 10.6. The number of carbonyl (C=O) groups excluding carboxylic acids is 2. The van der Waals surface area contributed by atoms with Gasteiger partial charge in [-0.25, -0.2) is 0 Å². The zero-order valence-corrected chi connectivity index (χ0v) is 7.38. The molecule has 0 aromatic carbocycles. The van der Waals surface area contributed by atoms with E-state index in [9.17, 15) is 18.4 Å². The quantitative estimate of drug-likeness (QED) is 0.654. The van der Waals surface area contributed by atoms with Crippen LogP contribution in [0.1, 0.15) is 13.8 Å². The molecule has 3 N–H and O–H groups in total. The molecule has 0 aliphatic carbocycles. The van der Waals surface area contributed by atoms with Crippen molar-refractivity contribution in [2.24, 2.45) is 11.7 Å². The summed E-state index contributed by atoms with van der Waals surface area (Å²) in [4.78, 5) is 21.2. The van der Waals surface area contributed by atoms with Gasteiger partial charge in [-0.15, -0.1) is 0 Å². The summed E-state index contributed by atoms with van der Waals surface area (Å²) >= 11 is 0. The van der Waals surface area contributed by atoms with E-state index in [0.29, 0.717) is 0 Å². The average Bonchev–Trinajstić information content (AvgIpc) is 1.97. The second-order valence-corrected chi connectivity index (χ2v) is 2.93. The molecule has 0 rings (SSSR count). The summed E-state index contributed by atoms with van der Waals surface area (Å²) in [6.07, 6.45) is -3.12. The molecule has 0 bridgehead atoms. The van der Waals surface area contributed by atoms with Crippen molar-refractivity contribution in [3.8, 4) is 0 Å². The maximum Gasteiger partial charge on any atom is 0.315 e. The van der Waals surface area contributed by atoms with E-state index in [1.165, 1.54) is 0 Å². The summed E-state index contributed by atoms with van der Waals surface area (Å²) < 4.78 is 23.5. The lowest BCUT2D eigenvalue weighted by Gasteiger charge is -2.18. The molecule has 1 unspecified atom stereocenters. The number of amides is 2. The number of hydrogen-bond donors (Lipinski definition) is 2. The Morgan fingerprint density at radius 1 is 1.31 bits per heavy atom. The first-order valence-electron chi connectivity index (χ1n) is 3.74. The van der Waals surface area contributed by atoms with Crippen molar-refractivity contribution >= 4 is 11.8 Å². The van der Waals surface area contributed by atoms with E-state index in [2.05, 4.69) is 0 Å². The van der Waals surface area contributed by atoms with Crippen LogP contribution in [0, 0.1) is 5.92 Å². The second-order valence-electron chi connectivity index (χ2n) is 2.93. The summed E-state index contributed by atoms with van der Waals surface area (Å²) in [7, 11) is 0. The van der Waals surface area contributed by atoms with Crippen LogP contribution in [-0.4, -0.2) is 24.3 Å². The largest absolute Gasteiger partial charge is 0.368 e. The van der Waals surface area contributed by atoms with Gasteiger partial charge in [0.2, 0.25) is 5.91 Å². The molecule has 2 amide bonds. The molecule has 0 radical (unpaired) electrons. The van der Waals surface area contributed by atoms with E-state index < -0.39 is 24.3 Å². The Labute approximate surface area is 74.5 Å². The van der Waals surface area contributed by atoms with Crippen molar-refractivity contribution in [3.05, 3.63) is 0 Å². The lowest BCUT2D eigenvalue weighted by atomic mass is 10.0. The molecule has 0 fully saturated rings. The third-order valence-electron chi connectivity index (χ3n) is 1.47. The zero-order valence-electron chi connectivity index (χ0n) is 7.38. The Bertz CT molecular complexity index is 207. The Morgan fingerprint density at radius 3 is 2.00 bits per heavy atom. The maximum atomic E-state index is 11.8. The van der Waals surface area contributed by atoms with Crippen LogP contribution in [0.3, 0.4) is 0 Å². The van der Waals surface area contributed by atoms with Gasteiger partial charge in [-0.1, -0.05) is 13.8 Å². The highest BCUT2D eigenvalue weighted by Gasteiger charge is 2.25. The van der Waals surface area contributed by atoms with E-state index in [-0.39, 0.29) is 5.92 Å². The maximum absolute atomic E-state index is 11.8. The van der Waals surface area contributed by atoms with Crippen molar-refractivity contribution in [1.82, 2.24) is 5.32 Å². The Kier molecular flexibility index (Phi) is 4.30. The van der Waals surface area contributed by atoms with Crippen LogP contribution in [0.5, 0.6) is 0 Å². The standard InChI is InChI=1S/C7H12F2N2O2/c1-3(2)4(6(10)12)11-7(13)5(8)9/h3-5H,1-2H3,(H2,10,12)(H,11,13). The van der Waals surface area contributed by atoms with Crippen molar-refractivity contribution in [1.29, 1.82) is 0 Å². The SMILES string of the molecule is CC(C)C(NC(=O)C(F)F)C(N)=O. The van der Waals surface area contributed by atoms with Crippen LogP contribution >= 0.6 is 0 Å². The fourth-order valence-corrected chi connectivity index (χ4v) is 0.783. The van der Waals surface area contributed by atoms with E-state index >= 15 is 0 Å². The van der Waals surface area contributed by atoms with Crippen LogP contribution in [-0.2, 0) is 9.59 Å². The molecule has 0 saturated heterocycles. The number of nitrogens with two attached hydrogens (primary N) is 1. The molecule has 6 heteroatoms. The molecule has 0 aromatic rings. The van der Waals surface area contributed by atoms with E-state index in [4.69, 9.17) is 5.73 Å². The van der Waals surface area contributed by atoms with Crippen molar-refractivity contribution in [2.75, 3.05) is 0 Å². The predicted molar refractivity (Wildman–Crippen MR) is 42.0 cm³/mol. The van der Waals surface area contributed by atoms with Crippen molar-refractivity contribution < 1.29 is 18.4 Å². The minimum atomic E-state index is -3.12. The van der Waals surface area contributed by atoms with Crippen LogP contribution < -0.4 is 11.1 Å². The first kappa shape index (κ1) is 11.8. The molecule has 13 heavy (non-hydrogen) atoms. The Hall–Kier alpha value is -1.20. The van der Waals surface area contributed by atoms with Gasteiger partial charge in [0, 0.05) is 0 Å². The molecule has 0 spiro atoms. The topological polar surface area (TPSA) is 72.2 Å². The van der Waals surface area contributed by atoms with Gasteiger partial charge >= 0.3 is 6.43 Å². The normalized spacial score (nSPS) is 13.1. The number of alkyl halides is 2.